The second-order valence-corrected chi connectivity index (χ2v) is 8.08. The van der Waals surface area contributed by atoms with Crippen molar-refractivity contribution >= 4 is 17.7 Å². The molecule has 0 aliphatic carbocycles. The molecule has 32 heavy (non-hydrogen) atoms. The van der Waals surface area contributed by atoms with Gasteiger partial charge in [0.1, 0.15) is 18.5 Å². The van der Waals surface area contributed by atoms with Crippen molar-refractivity contribution in [2.24, 2.45) is 0 Å². The first-order valence-corrected chi connectivity index (χ1v) is 11.6. The van der Waals surface area contributed by atoms with E-state index in [-0.39, 0.29) is 25.3 Å². The van der Waals surface area contributed by atoms with Crippen LogP contribution in [0.15, 0.2) is 65.6 Å². The van der Waals surface area contributed by atoms with Crippen molar-refractivity contribution in [1.82, 2.24) is 4.57 Å². The average molecular weight is 446 g/mol. The Morgan fingerprint density at radius 1 is 1.06 bits per heavy atom. The van der Waals surface area contributed by atoms with Gasteiger partial charge in [0.2, 0.25) is 0 Å². The maximum atomic E-state index is 11.1. The zero-order valence-electron chi connectivity index (χ0n) is 19.2. The number of benzene rings is 2. The number of nitrogens with zero attached hydrogens (tertiary/aromatic N) is 1. The van der Waals surface area contributed by atoms with Gasteiger partial charge in [0.25, 0.3) is 0 Å². The van der Waals surface area contributed by atoms with Crippen LogP contribution < -0.4 is 28.7 Å². The van der Waals surface area contributed by atoms with Gasteiger partial charge in [-0.15, -0.1) is 11.8 Å². The SMILES string of the molecule is CCOC(Cc1ccc(OCCn2c(C)ccc2-c2ccc(SC)cc2)cc1)C(=O)[O-].[Li+]. The quantitative estimate of drug-likeness (QED) is 0.325. The Kier molecular flexibility index (Phi) is 10.5. The molecule has 2 aromatic carbocycles. The van der Waals surface area contributed by atoms with Gasteiger partial charge < -0.3 is 23.9 Å². The Hall–Kier alpha value is -2.10. The number of hydrogen-bond acceptors (Lipinski definition) is 5. The van der Waals surface area contributed by atoms with Gasteiger partial charge in [-0.25, -0.2) is 0 Å². The number of aryl methyl sites for hydroxylation is 1. The van der Waals surface area contributed by atoms with Gasteiger partial charge in [0, 0.05) is 29.3 Å². The summed E-state index contributed by atoms with van der Waals surface area (Å²) in [6, 6.07) is 20.3. The molecule has 3 aromatic rings. The van der Waals surface area contributed by atoms with Crippen LogP contribution >= 0.6 is 11.8 Å². The predicted molar refractivity (Wildman–Crippen MR) is 122 cm³/mol. The van der Waals surface area contributed by atoms with E-state index in [9.17, 15) is 9.90 Å². The van der Waals surface area contributed by atoms with E-state index < -0.39 is 12.1 Å². The number of aromatic nitrogens is 1. The molecule has 0 aliphatic rings. The summed E-state index contributed by atoms with van der Waals surface area (Å²) in [4.78, 5) is 12.4. The van der Waals surface area contributed by atoms with Crippen LogP contribution in [0.5, 0.6) is 5.75 Å². The Bertz CT molecular complexity index is 986. The van der Waals surface area contributed by atoms with Crippen LogP contribution in [0.4, 0.5) is 0 Å². The van der Waals surface area contributed by atoms with Crippen molar-refractivity contribution in [3.05, 3.63) is 71.9 Å². The molecule has 1 unspecified atom stereocenters. The van der Waals surface area contributed by atoms with Gasteiger partial charge in [0.15, 0.2) is 0 Å². The van der Waals surface area contributed by atoms with Gasteiger partial charge in [-0.1, -0.05) is 24.3 Å². The van der Waals surface area contributed by atoms with Gasteiger partial charge >= 0.3 is 18.9 Å². The molecule has 1 atom stereocenters. The number of aliphatic carboxylic acids is 1. The van der Waals surface area contributed by atoms with Crippen LogP contribution in [-0.2, 0) is 22.5 Å². The molecule has 0 saturated carbocycles. The molecule has 1 heterocycles. The summed E-state index contributed by atoms with van der Waals surface area (Å²) in [5.74, 6) is -0.441. The molecule has 0 amide bonds. The third-order valence-corrected chi connectivity index (χ3v) is 5.89. The van der Waals surface area contributed by atoms with Crippen LogP contribution in [0.3, 0.4) is 0 Å². The number of carbonyl (C=O) groups excluding carboxylic acids is 1. The first kappa shape index (κ1) is 26.2. The van der Waals surface area contributed by atoms with E-state index in [4.69, 9.17) is 9.47 Å². The Morgan fingerprint density at radius 3 is 2.34 bits per heavy atom. The summed E-state index contributed by atoms with van der Waals surface area (Å²) >= 11 is 1.74. The van der Waals surface area contributed by atoms with E-state index in [1.54, 1.807) is 18.7 Å². The van der Waals surface area contributed by atoms with Gasteiger partial charge in [-0.05, 0) is 67.6 Å². The molecule has 0 saturated heterocycles. The van der Waals surface area contributed by atoms with Crippen molar-refractivity contribution < 1.29 is 38.2 Å². The first-order valence-electron chi connectivity index (χ1n) is 10.4. The fraction of sp³-hybridized carbons (Fsp3) is 0.320. The molecule has 0 spiro atoms. The van der Waals surface area contributed by atoms with Crippen molar-refractivity contribution in [1.29, 1.82) is 0 Å². The largest absolute Gasteiger partial charge is 1.00 e. The van der Waals surface area contributed by atoms with Crippen molar-refractivity contribution in [2.45, 2.75) is 37.8 Å². The number of rotatable bonds is 11. The molecule has 164 valence electrons. The molecule has 0 aliphatic heterocycles. The number of hydrogen-bond donors (Lipinski definition) is 0. The second-order valence-electron chi connectivity index (χ2n) is 7.20. The van der Waals surface area contributed by atoms with E-state index in [0.29, 0.717) is 13.2 Å². The molecule has 3 rings (SSSR count). The smallest absolute Gasteiger partial charge is 0.547 e. The molecular formula is C25H28LiNO4S. The first-order chi connectivity index (χ1) is 15.0. The van der Waals surface area contributed by atoms with Crippen LogP contribution in [0.25, 0.3) is 11.3 Å². The molecule has 1 aromatic heterocycles. The summed E-state index contributed by atoms with van der Waals surface area (Å²) in [5, 5.41) is 11.1. The Morgan fingerprint density at radius 2 is 1.75 bits per heavy atom. The zero-order chi connectivity index (χ0) is 22.2. The fourth-order valence-electron chi connectivity index (χ4n) is 3.48. The average Bonchev–Trinajstić information content (AvgIpc) is 3.15. The molecule has 5 nitrogen and oxygen atoms in total. The monoisotopic (exact) mass is 445 g/mol. The second kappa shape index (κ2) is 12.8. The van der Waals surface area contributed by atoms with Gasteiger partial charge in [-0.3, -0.25) is 0 Å². The van der Waals surface area contributed by atoms with Crippen LogP contribution in [0.1, 0.15) is 18.2 Å². The molecule has 0 N–H and O–H groups in total. The zero-order valence-corrected chi connectivity index (χ0v) is 20.0. The van der Waals surface area contributed by atoms with Crippen LogP contribution in [-0.4, -0.2) is 36.1 Å². The normalized spacial score (nSPS) is 11.6. The van der Waals surface area contributed by atoms with Crippen molar-refractivity contribution in [3.63, 3.8) is 0 Å². The number of carbonyl (C=O) groups is 1. The third-order valence-electron chi connectivity index (χ3n) is 5.14. The summed E-state index contributed by atoms with van der Waals surface area (Å²) < 4.78 is 13.4. The van der Waals surface area contributed by atoms with Crippen LogP contribution in [0, 0.1) is 6.92 Å². The molecule has 0 radical (unpaired) electrons. The number of carboxylic acids is 1. The van der Waals surface area contributed by atoms with E-state index in [1.165, 1.54) is 21.8 Å². The van der Waals surface area contributed by atoms with Crippen molar-refractivity contribution in [3.8, 4) is 17.0 Å². The Labute approximate surface area is 206 Å². The summed E-state index contributed by atoms with van der Waals surface area (Å²) in [7, 11) is 0. The minimum Gasteiger partial charge on any atom is -0.547 e. The summed E-state index contributed by atoms with van der Waals surface area (Å²) in [6.07, 6.45) is 1.42. The van der Waals surface area contributed by atoms with E-state index in [2.05, 4.69) is 54.1 Å². The third kappa shape index (κ3) is 6.95. The number of ether oxygens (including phenoxy) is 2. The minimum atomic E-state index is -1.19. The molecule has 0 fully saturated rings. The maximum Gasteiger partial charge on any atom is 1.00 e. The van der Waals surface area contributed by atoms with Crippen molar-refractivity contribution in [2.75, 3.05) is 19.5 Å². The summed E-state index contributed by atoms with van der Waals surface area (Å²) in [5.41, 5.74) is 4.42. The van der Waals surface area contributed by atoms with E-state index in [0.717, 1.165) is 17.9 Å². The summed E-state index contributed by atoms with van der Waals surface area (Å²) in [6.45, 7) is 5.47. The fourth-order valence-corrected chi connectivity index (χ4v) is 3.89. The predicted octanol–water partition coefficient (Wildman–Crippen LogP) is 0.966. The van der Waals surface area contributed by atoms with Crippen LogP contribution in [0.2, 0.25) is 0 Å². The van der Waals surface area contributed by atoms with E-state index >= 15 is 0 Å². The molecule has 7 heteroatoms. The minimum absolute atomic E-state index is 0. The standard InChI is InChI=1S/C25H29NO4S.Li/c1-4-29-24(25(27)28)17-19-6-10-21(11-7-19)30-16-15-26-18(2)5-14-23(26)20-8-12-22(31-3)13-9-20;/h5-14,24H,4,15-17H2,1-3H3,(H,27,28);/q;+1/p-1. The number of thioether (sulfide) groups is 1. The molecular weight excluding hydrogens is 417 g/mol. The van der Waals surface area contributed by atoms with Gasteiger partial charge in [-0.2, -0.15) is 0 Å². The number of carboxylic acid groups (broad SMARTS) is 1. The van der Waals surface area contributed by atoms with E-state index in [1.807, 2.05) is 24.3 Å². The topological polar surface area (TPSA) is 63.5 Å². The molecule has 0 bridgehead atoms. The Balaban J connectivity index is 0.00000363. The maximum absolute atomic E-state index is 11.1. The van der Waals surface area contributed by atoms with Gasteiger partial charge in [0.05, 0.1) is 12.5 Å².